The third kappa shape index (κ3) is 21.6. The van der Waals surface area contributed by atoms with Crippen molar-refractivity contribution in [3.8, 4) is 22.6 Å². The first kappa shape index (κ1) is 79.7. The van der Waals surface area contributed by atoms with Crippen LogP contribution in [0, 0.1) is 166 Å². The summed E-state index contributed by atoms with van der Waals surface area (Å²) in [4.78, 5) is 12.4. The van der Waals surface area contributed by atoms with Crippen molar-refractivity contribution < 1.29 is 22.7 Å². The van der Waals surface area contributed by atoms with E-state index in [2.05, 4.69) is 234 Å². The van der Waals surface area contributed by atoms with Gasteiger partial charge in [-0.25, -0.2) is 0 Å². The molecule has 11 aromatic rings. The molecule has 0 atom stereocenters. The Labute approximate surface area is 599 Å². The van der Waals surface area contributed by atoms with E-state index < -0.39 is 11.6 Å². The Bertz CT molecular complexity index is 4260. The molecule has 0 unspecified atom stereocenters. The van der Waals surface area contributed by atoms with Crippen LogP contribution in [-0.4, -0.2) is 12.0 Å². The summed E-state index contributed by atoms with van der Waals surface area (Å²) in [7, 11) is 0. The number of alkyl halides is 3. The van der Waals surface area contributed by atoms with Gasteiger partial charge in [-0.1, -0.05) is 158 Å². The summed E-state index contributed by atoms with van der Waals surface area (Å²) in [6.07, 6.45) is -3.33. The van der Waals surface area contributed by atoms with Gasteiger partial charge < -0.3 is 4.74 Å². The summed E-state index contributed by atoms with van der Waals surface area (Å²) in [5.74, 6) is 1.90. The minimum atomic E-state index is -4.36. The highest BCUT2D eigenvalue weighted by molar-refractivity contribution is 6.09. The maximum Gasteiger partial charge on any atom is 0.402 e. The van der Waals surface area contributed by atoms with Crippen LogP contribution in [0.25, 0.3) is 11.1 Å². The van der Waals surface area contributed by atoms with Crippen LogP contribution >= 0.6 is 0 Å². The van der Waals surface area contributed by atoms with Crippen molar-refractivity contribution in [3.63, 3.8) is 0 Å². The number of aryl methyl sites for hydroxylation is 24. The standard InChI is InChI=1S/C19H21F3.C17H18O.C17H20.C16H18O.C16H18.C10H14/c1-12-6-8-16(10-14(12)3)18(5,19(20,21)22)17-9-7-13(2)15(4)11-17;1-11-5-7-15(9-13(11)3)17(18)16-8-6-12(2)14(4)10-16;1-12-5-7-16(9-14(12)3)11-17-8-6-13(2)15(4)10-17;1-11-5-7-15(9-13(11)3)17-16-8-6-12(2)14(4)10-16;1-11-5-7-15(9-13(11)3)16-8-6-12(2)14(4)10-16;1-7-5-9(3)10(4)6-8(7)2/h6-11H,1-5H3;5-10H,1-4H3;5-10H,11H2,1-4H3;5-10H,1-4H3;5-10H,1-4H3;5-6H,1-4H3. The van der Waals surface area contributed by atoms with Gasteiger partial charge in [0.25, 0.3) is 0 Å². The molecule has 0 amide bonds. The highest BCUT2D eigenvalue weighted by Crippen LogP contribution is 2.47. The average molecular weight is 1340 g/mol. The summed E-state index contributed by atoms with van der Waals surface area (Å²) in [6, 6.07) is 65.4. The zero-order valence-electron chi connectivity index (χ0n) is 64.6. The van der Waals surface area contributed by atoms with Crippen molar-refractivity contribution in [1.82, 2.24) is 0 Å². The molecule has 100 heavy (non-hydrogen) atoms. The molecular weight excluding hydrogens is 1230 g/mol. The smallest absolute Gasteiger partial charge is 0.402 e. The van der Waals surface area contributed by atoms with Crippen LogP contribution < -0.4 is 4.74 Å². The zero-order valence-corrected chi connectivity index (χ0v) is 64.6. The molecule has 0 N–H and O–H groups in total. The second-order valence-corrected chi connectivity index (χ2v) is 28.4. The monoisotopic (exact) mass is 1340 g/mol. The summed E-state index contributed by atoms with van der Waals surface area (Å²) >= 11 is 0. The Morgan fingerprint density at radius 3 is 0.770 bits per heavy atom. The van der Waals surface area contributed by atoms with E-state index in [-0.39, 0.29) is 16.9 Å². The van der Waals surface area contributed by atoms with Gasteiger partial charge in [0.05, 0.1) is 0 Å². The quantitative estimate of drug-likeness (QED) is 0.135. The molecule has 2 nitrogen and oxygen atoms in total. The first-order valence-corrected chi connectivity index (χ1v) is 34.9. The third-order valence-corrected chi connectivity index (χ3v) is 20.5. The van der Waals surface area contributed by atoms with Gasteiger partial charge in [-0.2, -0.15) is 13.2 Å². The summed E-state index contributed by atoms with van der Waals surface area (Å²) in [6.45, 7) is 51.3. The molecule has 11 rings (SSSR count). The van der Waals surface area contributed by atoms with Crippen LogP contribution in [-0.2, 0) is 11.8 Å². The van der Waals surface area contributed by atoms with Crippen LogP contribution in [0.1, 0.15) is 179 Å². The van der Waals surface area contributed by atoms with Crippen LogP contribution in [0.4, 0.5) is 13.2 Å². The van der Waals surface area contributed by atoms with Crippen LogP contribution in [0.15, 0.2) is 194 Å². The van der Waals surface area contributed by atoms with Gasteiger partial charge in [-0.3, -0.25) is 4.79 Å². The van der Waals surface area contributed by atoms with Gasteiger partial charge >= 0.3 is 6.18 Å². The molecule has 0 fully saturated rings. The molecule has 522 valence electrons. The van der Waals surface area contributed by atoms with Crippen LogP contribution in [0.2, 0.25) is 0 Å². The molecule has 0 radical (unpaired) electrons. The molecule has 11 aromatic carbocycles. The molecule has 0 aliphatic carbocycles. The number of hydrogen-bond acceptors (Lipinski definition) is 2. The lowest BCUT2D eigenvalue weighted by Gasteiger charge is -2.34. The largest absolute Gasteiger partial charge is 0.457 e. The maximum atomic E-state index is 13.9. The fourth-order valence-electron chi connectivity index (χ4n) is 11.2. The van der Waals surface area contributed by atoms with Crippen LogP contribution in [0.5, 0.6) is 11.5 Å². The van der Waals surface area contributed by atoms with Crippen molar-refractivity contribution in [3.05, 3.63) is 361 Å². The molecule has 0 aliphatic rings. The first-order valence-electron chi connectivity index (χ1n) is 34.9. The van der Waals surface area contributed by atoms with Crippen LogP contribution in [0.3, 0.4) is 0 Å². The van der Waals surface area contributed by atoms with E-state index in [0.717, 1.165) is 62.4 Å². The lowest BCUT2D eigenvalue weighted by molar-refractivity contribution is -0.173. The van der Waals surface area contributed by atoms with Gasteiger partial charge in [0.15, 0.2) is 5.78 Å². The molecule has 0 bridgehead atoms. The summed E-state index contributed by atoms with van der Waals surface area (Å²) < 4.78 is 47.7. The normalized spacial score (nSPS) is 10.9. The highest BCUT2D eigenvalue weighted by atomic mass is 19.4. The molecular formula is C95H109F3O2. The number of carbonyl (C=O) groups excluding carboxylic acids is 1. The van der Waals surface area contributed by atoms with E-state index in [9.17, 15) is 18.0 Å². The summed E-state index contributed by atoms with van der Waals surface area (Å²) in [5, 5.41) is 0. The predicted molar refractivity (Wildman–Crippen MR) is 422 cm³/mol. The Kier molecular flexibility index (Phi) is 28.0. The van der Waals surface area contributed by atoms with Crippen molar-refractivity contribution in [2.75, 3.05) is 0 Å². The molecule has 0 heterocycles. The zero-order chi connectivity index (χ0) is 74.2. The van der Waals surface area contributed by atoms with E-state index in [4.69, 9.17) is 4.74 Å². The fourth-order valence-corrected chi connectivity index (χ4v) is 11.2. The van der Waals surface area contributed by atoms with Gasteiger partial charge in [-0.15, -0.1) is 0 Å². The molecule has 0 aromatic heterocycles. The molecule has 0 spiro atoms. The lowest BCUT2D eigenvalue weighted by Crippen LogP contribution is -2.40. The third-order valence-electron chi connectivity index (χ3n) is 20.5. The second kappa shape index (κ2) is 35.1. The second-order valence-electron chi connectivity index (χ2n) is 28.4. The molecule has 5 heteroatoms. The fraction of sp³-hybridized carbons (Fsp3) is 0.295. The summed E-state index contributed by atoms with van der Waals surface area (Å²) in [5.41, 5.74) is 35.6. The van der Waals surface area contributed by atoms with Gasteiger partial charge in [0, 0.05) is 11.1 Å². The SMILES string of the molecule is Cc1cc(C)c(C)cc1C.Cc1ccc(-c2ccc(C)c(C)c2)cc1C.Cc1ccc(C(=O)c2ccc(C)c(C)c2)cc1C.Cc1ccc(C(C)(c2ccc(C)c(C)c2)C(F)(F)F)cc1C.Cc1ccc(Cc2ccc(C)c(C)c2)cc1C.Cc1ccc(Oc2ccc(C)c(C)c2)cc1C. The Balaban J connectivity index is 0.000000191. The number of hydrogen-bond donors (Lipinski definition) is 0. The van der Waals surface area contributed by atoms with Crippen molar-refractivity contribution in [1.29, 1.82) is 0 Å². The number of ketones is 1. The average Bonchev–Trinajstić information content (AvgIpc) is 0.750. The molecule has 0 saturated carbocycles. The van der Waals surface area contributed by atoms with E-state index >= 15 is 0 Å². The highest BCUT2D eigenvalue weighted by Gasteiger charge is 2.53. The number of rotatable bonds is 9. The minimum Gasteiger partial charge on any atom is -0.457 e. The van der Waals surface area contributed by atoms with Gasteiger partial charge in [-0.05, 0) is 383 Å². The van der Waals surface area contributed by atoms with Crippen molar-refractivity contribution >= 4 is 5.78 Å². The van der Waals surface area contributed by atoms with Crippen molar-refractivity contribution in [2.24, 2.45) is 0 Å². The number of ether oxygens (including phenoxy) is 1. The topological polar surface area (TPSA) is 26.3 Å². The van der Waals surface area contributed by atoms with E-state index in [0.29, 0.717) is 0 Å². The van der Waals surface area contributed by atoms with E-state index in [1.54, 1.807) is 36.4 Å². The minimum absolute atomic E-state index is 0.0983. The maximum absolute atomic E-state index is 13.9. The molecule has 0 aliphatic heterocycles. The predicted octanol–water partition coefficient (Wildman–Crippen LogP) is 26.7. The van der Waals surface area contributed by atoms with E-state index in [1.807, 2.05) is 90.1 Å². The Morgan fingerprint density at radius 1 is 0.260 bits per heavy atom. The lowest BCUT2D eigenvalue weighted by atomic mass is 9.74. The van der Waals surface area contributed by atoms with Gasteiger partial charge in [0.1, 0.15) is 16.9 Å². The number of halogens is 3. The van der Waals surface area contributed by atoms with Crippen molar-refractivity contribution in [2.45, 2.75) is 191 Å². The number of carbonyl (C=O) groups is 1. The number of benzene rings is 11. The van der Waals surface area contributed by atoms with Gasteiger partial charge in [0.2, 0.25) is 0 Å². The Hall–Kier alpha value is -9.32. The molecule has 0 saturated heterocycles. The first-order chi connectivity index (χ1) is 46.9. The van der Waals surface area contributed by atoms with E-state index in [1.165, 1.54) is 129 Å². The Morgan fingerprint density at radius 2 is 0.500 bits per heavy atom.